The topological polar surface area (TPSA) is 73.5 Å². The Balaban J connectivity index is 2.63. The molecule has 1 aromatic heterocycles. The van der Waals surface area contributed by atoms with Gasteiger partial charge in [0.25, 0.3) is 5.91 Å². The number of carbonyl (C=O) groups is 1. The van der Waals surface area contributed by atoms with E-state index in [-0.39, 0.29) is 5.56 Å². The van der Waals surface area contributed by atoms with Crippen LogP contribution < -0.4 is 10.9 Å². The SMILES string of the molecule is COCCCNC(=O)c1c(C)n(C)oc1=O. The third-order valence-electron chi connectivity index (χ3n) is 2.30. The first-order valence-electron chi connectivity index (χ1n) is 5.02. The van der Waals surface area contributed by atoms with Gasteiger partial charge in [0, 0.05) is 27.3 Å². The van der Waals surface area contributed by atoms with Crippen LogP contribution in [0.3, 0.4) is 0 Å². The van der Waals surface area contributed by atoms with Gasteiger partial charge in [0.15, 0.2) is 0 Å². The van der Waals surface area contributed by atoms with Gasteiger partial charge in [-0.1, -0.05) is 0 Å². The number of nitrogens with zero attached hydrogens (tertiary/aromatic N) is 1. The predicted molar refractivity (Wildman–Crippen MR) is 57.5 cm³/mol. The van der Waals surface area contributed by atoms with Crippen molar-refractivity contribution in [2.24, 2.45) is 7.05 Å². The molecule has 1 aromatic rings. The van der Waals surface area contributed by atoms with Crippen molar-refractivity contribution in [3.63, 3.8) is 0 Å². The van der Waals surface area contributed by atoms with Crippen molar-refractivity contribution in [3.8, 4) is 0 Å². The van der Waals surface area contributed by atoms with E-state index in [0.717, 1.165) is 0 Å². The van der Waals surface area contributed by atoms with Crippen molar-refractivity contribution in [2.75, 3.05) is 20.3 Å². The molecule has 6 nitrogen and oxygen atoms in total. The van der Waals surface area contributed by atoms with Crippen molar-refractivity contribution < 1.29 is 14.1 Å². The summed E-state index contributed by atoms with van der Waals surface area (Å²) >= 11 is 0. The van der Waals surface area contributed by atoms with Crippen LogP contribution in [-0.2, 0) is 11.8 Å². The summed E-state index contributed by atoms with van der Waals surface area (Å²) in [5.74, 6) is -0.400. The number of aryl methyl sites for hydroxylation is 1. The minimum absolute atomic E-state index is 0.0694. The van der Waals surface area contributed by atoms with E-state index in [1.165, 1.54) is 4.74 Å². The third kappa shape index (κ3) is 2.73. The summed E-state index contributed by atoms with van der Waals surface area (Å²) in [7, 11) is 3.18. The summed E-state index contributed by atoms with van der Waals surface area (Å²) in [6.07, 6.45) is 0.708. The number of methoxy groups -OCH3 is 1. The number of hydrogen-bond acceptors (Lipinski definition) is 4. The predicted octanol–water partition coefficient (Wildman–Crippen LogP) is 0.0530. The molecule has 0 saturated heterocycles. The summed E-state index contributed by atoms with van der Waals surface area (Å²) in [6, 6.07) is 0. The highest BCUT2D eigenvalue weighted by atomic mass is 16.5. The Kier molecular flexibility index (Phi) is 4.30. The van der Waals surface area contributed by atoms with E-state index in [1.807, 2.05) is 0 Å². The molecule has 0 radical (unpaired) electrons. The number of nitrogens with one attached hydrogen (secondary N) is 1. The molecule has 1 amide bonds. The van der Waals surface area contributed by atoms with E-state index in [1.54, 1.807) is 21.1 Å². The fourth-order valence-corrected chi connectivity index (χ4v) is 1.31. The average molecular weight is 228 g/mol. The lowest BCUT2D eigenvalue weighted by Gasteiger charge is -2.02. The Morgan fingerprint density at radius 1 is 1.56 bits per heavy atom. The molecule has 0 saturated carbocycles. The summed E-state index contributed by atoms with van der Waals surface area (Å²) in [5, 5.41) is 2.64. The van der Waals surface area contributed by atoms with Crippen molar-refractivity contribution >= 4 is 5.91 Å². The summed E-state index contributed by atoms with van der Waals surface area (Å²) in [4.78, 5) is 23.0. The molecule has 0 aromatic carbocycles. The number of aromatic nitrogens is 1. The zero-order valence-corrected chi connectivity index (χ0v) is 9.70. The number of amides is 1. The van der Waals surface area contributed by atoms with Crippen LogP contribution in [-0.4, -0.2) is 30.9 Å². The summed E-state index contributed by atoms with van der Waals surface area (Å²) in [6.45, 7) is 2.71. The maximum absolute atomic E-state index is 11.6. The maximum atomic E-state index is 11.6. The van der Waals surface area contributed by atoms with Crippen LogP contribution >= 0.6 is 0 Å². The van der Waals surface area contributed by atoms with Gasteiger partial charge in [-0.3, -0.25) is 4.79 Å². The quantitative estimate of drug-likeness (QED) is 0.723. The van der Waals surface area contributed by atoms with Crippen LogP contribution in [0.5, 0.6) is 0 Å². The van der Waals surface area contributed by atoms with Crippen LogP contribution in [0, 0.1) is 6.92 Å². The van der Waals surface area contributed by atoms with Gasteiger partial charge >= 0.3 is 5.63 Å². The van der Waals surface area contributed by atoms with Gasteiger partial charge in [-0.25, -0.2) is 9.53 Å². The fourth-order valence-electron chi connectivity index (χ4n) is 1.31. The zero-order valence-electron chi connectivity index (χ0n) is 9.70. The lowest BCUT2D eigenvalue weighted by Crippen LogP contribution is -2.29. The first-order chi connectivity index (χ1) is 7.57. The minimum atomic E-state index is -0.607. The highest BCUT2D eigenvalue weighted by Crippen LogP contribution is 2.01. The number of ether oxygens (including phenoxy) is 1. The summed E-state index contributed by atoms with van der Waals surface area (Å²) < 4.78 is 10.9. The molecule has 0 aliphatic carbocycles. The smallest absolute Gasteiger partial charge is 0.370 e. The van der Waals surface area contributed by atoms with Gasteiger partial charge in [-0.15, -0.1) is 0 Å². The van der Waals surface area contributed by atoms with Gasteiger partial charge in [-0.2, -0.15) is 0 Å². The molecular formula is C10H16N2O4. The zero-order chi connectivity index (χ0) is 12.1. The molecule has 0 fully saturated rings. The van der Waals surface area contributed by atoms with E-state index in [9.17, 15) is 9.59 Å². The van der Waals surface area contributed by atoms with E-state index in [4.69, 9.17) is 9.26 Å². The molecule has 0 atom stereocenters. The van der Waals surface area contributed by atoms with Crippen LogP contribution in [0.1, 0.15) is 22.5 Å². The molecule has 1 heterocycles. The lowest BCUT2D eigenvalue weighted by molar-refractivity contribution is 0.0946. The highest BCUT2D eigenvalue weighted by Gasteiger charge is 2.18. The molecule has 6 heteroatoms. The Morgan fingerprint density at radius 2 is 2.25 bits per heavy atom. The Labute approximate surface area is 93.1 Å². The number of rotatable bonds is 5. The second-order valence-electron chi connectivity index (χ2n) is 3.44. The van der Waals surface area contributed by atoms with Crippen LogP contribution in [0.25, 0.3) is 0 Å². The highest BCUT2D eigenvalue weighted by molar-refractivity contribution is 5.94. The normalized spacial score (nSPS) is 10.4. The van der Waals surface area contributed by atoms with E-state index < -0.39 is 11.5 Å². The van der Waals surface area contributed by atoms with Gasteiger partial charge in [0.05, 0.1) is 5.69 Å². The number of hydrogen-bond donors (Lipinski definition) is 1. The molecule has 1 N–H and O–H groups in total. The van der Waals surface area contributed by atoms with Crippen molar-refractivity contribution in [3.05, 3.63) is 21.7 Å². The van der Waals surface area contributed by atoms with E-state index in [0.29, 0.717) is 25.3 Å². The molecule has 0 bridgehead atoms. The van der Waals surface area contributed by atoms with Crippen LogP contribution in [0.15, 0.2) is 9.32 Å². The minimum Gasteiger partial charge on any atom is -0.385 e. The van der Waals surface area contributed by atoms with E-state index in [2.05, 4.69) is 5.32 Å². The van der Waals surface area contributed by atoms with Gasteiger partial charge in [0.2, 0.25) is 0 Å². The average Bonchev–Trinajstić information content (AvgIpc) is 2.48. The van der Waals surface area contributed by atoms with Crippen molar-refractivity contribution in [1.82, 2.24) is 10.1 Å². The van der Waals surface area contributed by atoms with Crippen molar-refractivity contribution in [1.29, 1.82) is 0 Å². The monoisotopic (exact) mass is 228 g/mol. The van der Waals surface area contributed by atoms with Gasteiger partial charge in [-0.05, 0) is 13.3 Å². The fraction of sp³-hybridized carbons (Fsp3) is 0.600. The second-order valence-corrected chi connectivity index (χ2v) is 3.44. The van der Waals surface area contributed by atoms with Crippen LogP contribution in [0.2, 0.25) is 0 Å². The van der Waals surface area contributed by atoms with Gasteiger partial charge < -0.3 is 14.6 Å². The molecule has 0 unspecified atom stereocenters. The first kappa shape index (κ1) is 12.5. The Morgan fingerprint density at radius 3 is 2.75 bits per heavy atom. The molecule has 0 spiro atoms. The molecule has 90 valence electrons. The first-order valence-corrected chi connectivity index (χ1v) is 5.02. The van der Waals surface area contributed by atoms with Gasteiger partial charge in [0.1, 0.15) is 5.56 Å². The Bertz CT molecular complexity index is 419. The van der Waals surface area contributed by atoms with E-state index >= 15 is 0 Å². The molecule has 16 heavy (non-hydrogen) atoms. The van der Waals surface area contributed by atoms with Crippen molar-refractivity contribution in [2.45, 2.75) is 13.3 Å². The third-order valence-corrected chi connectivity index (χ3v) is 2.30. The Hall–Kier alpha value is -1.56. The second kappa shape index (κ2) is 5.50. The largest absolute Gasteiger partial charge is 0.385 e. The molecule has 0 aliphatic heterocycles. The van der Waals surface area contributed by atoms with Crippen LogP contribution in [0.4, 0.5) is 0 Å². The number of carbonyl (C=O) groups excluding carboxylic acids is 1. The lowest BCUT2D eigenvalue weighted by atomic mass is 10.2. The maximum Gasteiger partial charge on any atom is 0.370 e. The standard InChI is InChI=1S/C10H16N2O4/c1-7-8(10(14)16-12(7)2)9(13)11-5-4-6-15-3/h4-6H2,1-3H3,(H,11,13). The molecule has 1 rings (SSSR count). The molecule has 0 aliphatic rings. The molecular weight excluding hydrogens is 212 g/mol. The summed E-state index contributed by atoms with van der Waals surface area (Å²) in [5.41, 5.74) is -0.0154.